The van der Waals surface area contributed by atoms with Crippen molar-refractivity contribution in [3.63, 3.8) is 0 Å². The quantitative estimate of drug-likeness (QED) is 0.840. The van der Waals surface area contributed by atoms with E-state index in [9.17, 15) is 4.79 Å². The highest BCUT2D eigenvalue weighted by atomic mass is 35.5. The highest BCUT2D eigenvalue weighted by molar-refractivity contribution is 7.16. The van der Waals surface area contributed by atoms with Crippen molar-refractivity contribution in [1.82, 2.24) is 10.2 Å². The van der Waals surface area contributed by atoms with Gasteiger partial charge in [0.1, 0.15) is 0 Å². The molecule has 1 unspecified atom stereocenters. The van der Waals surface area contributed by atoms with Gasteiger partial charge in [0.25, 0.3) is 0 Å². The van der Waals surface area contributed by atoms with Gasteiger partial charge in [-0.25, -0.2) is 0 Å². The molecule has 1 heterocycles. The van der Waals surface area contributed by atoms with Gasteiger partial charge in [0.05, 0.1) is 16.9 Å². The molecule has 102 valence electrons. The van der Waals surface area contributed by atoms with Crippen LogP contribution < -0.4 is 11.1 Å². The first-order valence-electron chi connectivity index (χ1n) is 5.89. The summed E-state index contributed by atoms with van der Waals surface area (Å²) in [5.41, 5.74) is 5.78. The zero-order chi connectivity index (χ0) is 13.7. The zero-order valence-electron chi connectivity index (χ0n) is 10.9. The maximum Gasteiger partial charge on any atom is 0.234 e. The van der Waals surface area contributed by atoms with E-state index in [1.54, 1.807) is 0 Å². The molecular formula is C12H20ClN3OS. The van der Waals surface area contributed by atoms with Crippen molar-refractivity contribution in [3.05, 3.63) is 21.3 Å². The number of hydrogen-bond acceptors (Lipinski definition) is 4. The number of carbonyl (C=O) groups is 1. The highest BCUT2D eigenvalue weighted by Gasteiger charge is 2.19. The van der Waals surface area contributed by atoms with Gasteiger partial charge in [0.2, 0.25) is 5.91 Å². The second kappa shape index (κ2) is 7.09. The Bertz CT molecular complexity index is 394. The van der Waals surface area contributed by atoms with E-state index in [-0.39, 0.29) is 18.0 Å². The molecule has 0 aliphatic carbocycles. The van der Waals surface area contributed by atoms with Gasteiger partial charge in [-0.2, -0.15) is 0 Å². The van der Waals surface area contributed by atoms with Gasteiger partial charge in [-0.15, -0.1) is 11.3 Å². The fourth-order valence-electron chi connectivity index (χ4n) is 1.73. The summed E-state index contributed by atoms with van der Waals surface area (Å²) in [6, 6.07) is 3.99. The lowest BCUT2D eigenvalue weighted by Crippen LogP contribution is -2.41. The number of carbonyl (C=O) groups excluding carboxylic acids is 1. The molecule has 18 heavy (non-hydrogen) atoms. The molecule has 1 atom stereocenters. The Labute approximate surface area is 117 Å². The lowest BCUT2D eigenvalue weighted by atomic mass is 10.2. The minimum absolute atomic E-state index is 0.00797. The number of thiophene rings is 1. The van der Waals surface area contributed by atoms with Gasteiger partial charge in [-0.05, 0) is 33.0 Å². The standard InChI is InChI=1S/C12H20ClN3OS/c1-8(2)15-12(17)7-16(3)9(6-14)10-4-5-11(13)18-10/h4-5,8-9H,6-7,14H2,1-3H3,(H,15,17). The smallest absolute Gasteiger partial charge is 0.234 e. The lowest BCUT2D eigenvalue weighted by Gasteiger charge is -2.25. The molecule has 0 saturated carbocycles. The first kappa shape index (κ1) is 15.4. The molecule has 1 aromatic rings. The van der Waals surface area contributed by atoms with Crippen LogP contribution in [0, 0.1) is 0 Å². The summed E-state index contributed by atoms with van der Waals surface area (Å²) >= 11 is 7.42. The number of halogens is 1. The fraction of sp³-hybridized carbons (Fsp3) is 0.583. The van der Waals surface area contributed by atoms with E-state index < -0.39 is 0 Å². The molecule has 0 fully saturated rings. The highest BCUT2D eigenvalue weighted by Crippen LogP contribution is 2.29. The first-order chi connectivity index (χ1) is 8.43. The third-order valence-electron chi connectivity index (χ3n) is 2.52. The number of hydrogen-bond donors (Lipinski definition) is 2. The summed E-state index contributed by atoms with van der Waals surface area (Å²) in [4.78, 5) is 14.7. The normalized spacial score (nSPS) is 13.1. The molecule has 0 bridgehead atoms. The molecule has 1 rings (SSSR count). The van der Waals surface area contributed by atoms with E-state index in [2.05, 4.69) is 5.32 Å². The van der Waals surface area contributed by atoms with E-state index in [4.69, 9.17) is 17.3 Å². The topological polar surface area (TPSA) is 58.4 Å². The number of rotatable bonds is 6. The minimum Gasteiger partial charge on any atom is -0.353 e. The van der Waals surface area contributed by atoms with E-state index in [1.165, 1.54) is 11.3 Å². The molecule has 0 aliphatic heterocycles. The van der Waals surface area contributed by atoms with Crippen molar-refractivity contribution in [2.24, 2.45) is 5.73 Å². The van der Waals surface area contributed by atoms with Gasteiger partial charge in [-0.1, -0.05) is 11.6 Å². The maximum absolute atomic E-state index is 11.7. The summed E-state index contributed by atoms with van der Waals surface area (Å²) in [6.07, 6.45) is 0. The molecule has 4 nitrogen and oxygen atoms in total. The average molecular weight is 290 g/mol. The van der Waals surface area contributed by atoms with Gasteiger partial charge >= 0.3 is 0 Å². The first-order valence-corrected chi connectivity index (χ1v) is 7.08. The van der Waals surface area contributed by atoms with Gasteiger partial charge in [0, 0.05) is 17.5 Å². The number of nitrogens with one attached hydrogen (secondary N) is 1. The van der Waals surface area contributed by atoms with Crippen LogP contribution in [0.2, 0.25) is 4.34 Å². The molecule has 0 aliphatic rings. The number of nitrogens with two attached hydrogens (primary N) is 1. The van der Waals surface area contributed by atoms with Crippen LogP contribution in [-0.4, -0.2) is 37.0 Å². The van der Waals surface area contributed by atoms with Crippen molar-refractivity contribution < 1.29 is 4.79 Å². The maximum atomic E-state index is 11.7. The number of nitrogens with zero attached hydrogens (tertiary/aromatic N) is 1. The Morgan fingerprint density at radius 3 is 2.67 bits per heavy atom. The van der Waals surface area contributed by atoms with Crippen LogP contribution in [0.15, 0.2) is 12.1 Å². The second-order valence-electron chi connectivity index (χ2n) is 4.53. The van der Waals surface area contributed by atoms with Gasteiger partial charge < -0.3 is 11.1 Å². The zero-order valence-corrected chi connectivity index (χ0v) is 12.5. The van der Waals surface area contributed by atoms with Crippen molar-refractivity contribution in [2.45, 2.75) is 25.9 Å². The van der Waals surface area contributed by atoms with E-state index in [1.807, 2.05) is 37.9 Å². The van der Waals surface area contributed by atoms with E-state index in [0.29, 0.717) is 13.1 Å². The van der Waals surface area contributed by atoms with Gasteiger partial charge in [0.15, 0.2) is 0 Å². The summed E-state index contributed by atoms with van der Waals surface area (Å²) < 4.78 is 0.739. The molecule has 0 aromatic carbocycles. The molecule has 0 radical (unpaired) electrons. The second-order valence-corrected chi connectivity index (χ2v) is 6.28. The molecule has 1 aromatic heterocycles. The summed E-state index contributed by atoms with van der Waals surface area (Å²) in [7, 11) is 1.89. The molecule has 3 N–H and O–H groups in total. The van der Waals surface area contributed by atoms with Crippen molar-refractivity contribution in [1.29, 1.82) is 0 Å². The molecule has 0 spiro atoms. The third kappa shape index (κ3) is 4.57. The van der Waals surface area contributed by atoms with Crippen LogP contribution in [0.4, 0.5) is 0 Å². The monoisotopic (exact) mass is 289 g/mol. The minimum atomic E-state index is 0.00797. The summed E-state index contributed by atoms with van der Waals surface area (Å²) in [6.45, 7) is 4.67. The van der Waals surface area contributed by atoms with Crippen LogP contribution in [0.3, 0.4) is 0 Å². The third-order valence-corrected chi connectivity index (χ3v) is 3.85. The van der Waals surface area contributed by atoms with Crippen LogP contribution in [0.1, 0.15) is 24.8 Å². The molecule has 1 amide bonds. The van der Waals surface area contributed by atoms with Crippen molar-refractivity contribution in [3.8, 4) is 0 Å². The van der Waals surface area contributed by atoms with Crippen LogP contribution >= 0.6 is 22.9 Å². The Kier molecular flexibility index (Phi) is 6.08. The Morgan fingerprint density at radius 2 is 2.22 bits per heavy atom. The Morgan fingerprint density at radius 1 is 1.56 bits per heavy atom. The number of likely N-dealkylation sites (N-methyl/N-ethyl adjacent to an activating group) is 1. The largest absolute Gasteiger partial charge is 0.353 e. The Hall–Kier alpha value is -0.620. The van der Waals surface area contributed by atoms with Crippen LogP contribution in [-0.2, 0) is 4.79 Å². The average Bonchev–Trinajstić information content (AvgIpc) is 2.64. The van der Waals surface area contributed by atoms with Gasteiger partial charge in [-0.3, -0.25) is 9.69 Å². The predicted octanol–water partition coefficient (Wildman–Crippen LogP) is 1.86. The fourth-order valence-corrected chi connectivity index (χ4v) is 2.96. The van der Waals surface area contributed by atoms with Crippen molar-refractivity contribution >= 4 is 28.8 Å². The Balaban J connectivity index is 2.62. The molecule has 6 heteroatoms. The lowest BCUT2D eigenvalue weighted by molar-refractivity contribution is -0.122. The SMILES string of the molecule is CC(C)NC(=O)CN(C)C(CN)c1ccc(Cl)s1. The van der Waals surface area contributed by atoms with Crippen LogP contribution in [0.25, 0.3) is 0 Å². The predicted molar refractivity (Wildman–Crippen MR) is 77.0 cm³/mol. The van der Waals surface area contributed by atoms with Crippen LogP contribution in [0.5, 0.6) is 0 Å². The molecular weight excluding hydrogens is 270 g/mol. The summed E-state index contributed by atoms with van der Waals surface area (Å²) in [5.74, 6) is 0.00797. The summed E-state index contributed by atoms with van der Waals surface area (Å²) in [5, 5.41) is 2.87. The molecule has 0 saturated heterocycles. The van der Waals surface area contributed by atoms with E-state index >= 15 is 0 Å². The van der Waals surface area contributed by atoms with Crippen molar-refractivity contribution in [2.75, 3.05) is 20.1 Å². The number of amides is 1. The van der Waals surface area contributed by atoms with E-state index in [0.717, 1.165) is 9.21 Å².